The molecule has 1 N–H and O–H groups in total. The number of anilines is 1. The molecule has 0 fully saturated rings. The molecule has 24 heavy (non-hydrogen) atoms. The third-order valence-electron chi connectivity index (χ3n) is 2.92. The zero-order valence-corrected chi connectivity index (χ0v) is 13.9. The molecule has 2 aromatic rings. The molecule has 2 rings (SSSR count). The molecule has 0 unspecified atom stereocenters. The maximum absolute atomic E-state index is 12.0. The normalized spacial score (nSPS) is 10.1. The van der Waals surface area contributed by atoms with Crippen molar-refractivity contribution >= 4 is 40.5 Å². The zero-order valence-electron chi connectivity index (χ0n) is 12.4. The van der Waals surface area contributed by atoms with Crippen LogP contribution in [0.5, 0.6) is 11.5 Å². The number of non-ortho nitro benzene ring substituents is 1. The summed E-state index contributed by atoms with van der Waals surface area (Å²) in [5, 5.41) is 14.1. The maximum Gasteiger partial charge on any atom is 0.273 e. The molecule has 0 aliphatic heterocycles. The fraction of sp³-hybridized carbons (Fsp3) is 0.133. The first-order valence-electron chi connectivity index (χ1n) is 6.61. The van der Waals surface area contributed by atoms with Crippen LogP contribution in [0.1, 0.15) is 0 Å². The number of nitrogens with zero attached hydrogens (tertiary/aromatic N) is 1. The molecule has 0 bridgehead atoms. The number of hydrogen-bond acceptors (Lipinski definition) is 5. The Morgan fingerprint density at radius 1 is 1.21 bits per heavy atom. The second-order valence-corrected chi connectivity index (χ2v) is 5.40. The van der Waals surface area contributed by atoms with E-state index in [1.807, 2.05) is 0 Å². The summed E-state index contributed by atoms with van der Waals surface area (Å²) < 4.78 is 10.4. The van der Waals surface area contributed by atoms with Gasteiger partial charge in [0.05, 0.1) is 28.8 Å². The lowest BCUT2D eigenvalue weighted by atomic mass is 10.3. The minimum atomic E-state index is -0.571. The molecular weight excluding hydrogens is 359 g/mol. The standard InChI is InChI=1S/C15H12Cl2N2O5/c1-23-13-5-3-10(19(21)22)7-14(13)24-8-15(20)18-12-6-9(16)2-4-11(12)17/h2-7H,8H2,1H3,(H,18,20). The number of methoxy groups -OCH3 is 1. The summed E-state index contributed by atoms with van der Waals surface area (Å²) in [6.07, 6.45) is 0. The van der Waals surface area contributed by atoms with Crippen LogP contribution < -0.4 is 14.8 Å². The van der Waals surface area contributed by atoms with Gasteiger partial charge in [-0.05, 0) is 24.3 Å². The van der Waals surface area contributed by atoms with Gasteiger partial charge >= 0.3 is 0 Å². The van der Waals surface area contributed by atoms with Gasteiger partial charge in [-0.2, -0.15) is 0 Å². The van der Waals surface area contributed by atoms with Gasteiger partial charge in [0.15, 0.2) is 18.1 Å². The van der Waals surface area contributed by atoms with Crippen molar-refractivity contribution in [1.29, 1.82) is 0 Å². The largest absolute Gasteiger partial charge is 0.493 e. The van der Waals surface area contributed by atoms with E-state index in [9.17, 15) is 14.9 Å². The summed E-state index contributed by atoms with van der Waals surface area (Å²) >= 11 is 11.8. The predicted octanol–water partition coefficient (Wildman–Crippen LogP) is 3.93. The second-order valence-electron chi connectivity index (χ2n) is 4.55. The Hall–Kier alpha value is -2.51. The lowest BCUT2D eigenvalue weighted by Crippen LogP contribution is -2.20. The third-order valence-corrected chi connectivity index (χ3v) is 3.48. The number of ether oxygens (including phenoxy) is 2. The molecule has 0 atom stereocenters. The Labute approximate surface area is 147 Å². The Bertz CT molecular complexity index is 782. The van der Waals surface area contributed by atoms with Crippen LogP contribution >= 0.6 is 23.2 Å². The van der Waals surface area contributed by atoms with Crippen LogP contribution in [0.2, 0.25) is 10.0 Å². The highest BCUT2D eigenvalue weighted by Gasteiger charge is 2.14. The molecule has 0 aromatic heterocycles. The first-order chi connectivity index (χ1) is 11.4. The van der Waals surface area contributed by atoms with E-state index >= 15 is 0 Å². The predicted molar refractivity (Wildman–Crippen MR) is 90.2 cm³/mol. The van der Waals surface area contributed by atoms with Gasteiger partial charge in [0.2, 0.25) is 0 Å². The second kappa shape index (κ2) is 7.85. The first-order valence-corrected chi connectivity index (χ1v) is 7.36. The van der Waals surface area contributed by atoms with Gasteiger partial charge in [-0.1, -0.05) is 23.2 Å². The number of nitro benzene ring substituents is 1. The number of carbonyl (C=O) groups excluding carboxylic acids is 1. The van der Waals surface area contributed by atoms with Crippen molar-refractivity contribution < 1.29 is 19.2 Å². The number of nitrogens with one attached hydrogen (secondary N) is 1. The van der Waals surface area contributed by atoms with Gasteiger partial charge in [-0.3, -0.25) is 14.9 Å². The van der Waals surface area contributed by atoms with Crippen LogP contribution in [0.25, 0.3) is 0 Å². The molecule has 7 nitrogen and oxygen atoms in total. The molecule has 0 heterocycles. The number of hydrogen-bond donors (Lipinski definition) is 1. The quantitative estimate of drug-likeness (QED) is 0.614. The molecule has 9 heteroatoms. The van der Waals surface area contributed by atoms with Crippen molar-refractivity contribution in [3.8, 4) is 11.5 Å². The van der Waals surface area contributed by atoms with Crippen molar-refractivity contribution in [2.45, 2.75) is 0 Å². The Morgan fingerprint density at radius 2 is 1.96 bits per heavy atom. The number of amides is 1. The minimum absolute atomic E-state index is 0.0824. The van der Waals surface area contributed by atoms with Crippen molar-refractivity contribution in [3.63, 3.8) is 0 Å². The molecule has 0 aliphatic carbocycles. The number of benzene rings is 2. The Kier molecular flexibility index (Phi) is 5.83. The molecule has 2 aromatic carbocycles. The van der Waals surface area contributed by atoms with E-state index in [4.69, 9.17) is 32.7 Å². The van der Waals surface area contributed by atoms with E-state index in [0.717, 1.165) is 0 Å². The van der Waals surface area contributed by atoms with Gasteiger partial charge in [0.25, 0.3) is 11.6 Å². The number of carbonyl (C=O) groups is 1. The highest BCUT2D eigenvalue weighted by Crippen LogP contribution is 2.31. The Balaban J connectivity index is 2.07. The molecule has 0 saturated carbocycles. The maximum atomic E-state index is 12.0. The van der Waals surface area contributed by atoms with E-state index in [1.165, 1.54) is 31.4 Å². The molecular formula is C15H12Cl2N2O5. The number of nitro groups is 1. The molecule has 0 aliphatic rings. The van der Waals surface area contributed by atoms with E-state index < -0.39 is 10.8 Å². The fourth-order valence-corrected chi connectivity index (χ4v) is 2.15. The summed E-state index contributed by atoms with van der Waals surface area (Å²) in [5.41, 5.74) is 0.160. The van der Waals surface area contributed by atoms with Gasteiger partial charge in [-0.15, -0.1) is 0 Å². The number of halogens is 2. The minimum Gasteiger partial charge on any atom is -0.493 e. The van der Waals surface area contributed by atoms with Gasteiger partial charge < -0.3 is 14.8 Å². The van der Waals surface area contributed by atoms with E-state index in [-0.39, 0.29) is 23.8 Å². The van der Waals surface area contributed by atoms with Crippen molar-refractivity contribution in [1.82, 2.24) is 0 Å². The molecule has 1 amide bonds. The van der Waals surface area contributed by atoms with E-state index in [2.05, 4.69) is 5.32 Å². The summed E-state index contributed by atoms with van der Waals surface area (Å²) in [6, 6.07) is 8.47. The van der Waals surface area contributed by atoms with Crippen LogP contribution in [0.15, 0.2) is 36.4 Å². The van der Waals surface area contributed by atoms with Crippen LogP contribution in [0.3, 0.4) is 0 Å². The molecule has 0 saturated heterocycles. The first kappa shape index (κ1) is 17.8. The van der Waals surface area contributed by atoms with E-state index in [1.54, 1.807) is 12.1 Å². The van der Waals surface area contributed by atoms with Gasteiger partial charge in [0.1, 0.15) is 0 Å². The van der Waals surface area contributed by atoms with Gasteiger partial charge in [-0.25, -0.2) is 0 Å². The molecule has 0 radical (unpaired) electrons. The monoisotopic (exact) mass is 370 g/mol. The lowest BCUT2D eigenvalue weighted by Gasteiger charge is -2.11. The van der Waals surface area contributed by atoms with E-state index in [0.29, 0.717) is 15.7 Å². The average Bonchev–Trinajstić information content (AvgIpc) is 2.56. The summed E-state index contributed by atoms with van der Waals surface area (Å²) in [5.74, 6) is -0.152. The van der Waals surface area contributed by atoms with Gasteiger partial charge in [0, 0.05) is 11.1 Å². The number of rotatable bonds is 6. The van der Waals surface area contributed by atoms with Crippen molar-refractivity contribution in [2.24, 2.45) is 0 Å². The molecule has 126 valence electrons. The highest BCUT2D eigenvalue weighted by atomic mass is 35.5. The summed E-state index contributed by atoms with van der Waals surface area (Å²) in [4.78, 5) is 22.2. The Morgan fingerprint density at radius 3 is 2.62 bits per heavy atom. The van der Waals surface area contributed by atoms with Crippen molar-refractivity contribution in [2.75, 3.05) is 19.0 Å². The summed E-state index contributed by atoms with van der Waals surface area (Å²) in [7, 11) is 1.39. The smallest absolute Gasteiger partial charge is 0.273 e. The third kappa shape index (κ3) is 4.50. The van der Waals surface area contributed by atoms with Crippen LogP contribution in [-0.4, -0.2) is 24.5 Å². The SMILES string of the molecule is COc1ccc([N+](=O)[O-])cc1OCC(=O)Nc1cc(Cl)ccc1Cl. The van der Waals surface area contributed by atoms with Crippen LogP contribution in [0, 0.1) is 10.1 Å². The fourth-order valence-electron chi connectivity index (χ4n) is 1.81. The lowest BCUT2D eigenvalue weighted by molar-refractivity contribution is -0.385. The average molecular weight is 371 g/mol. The van der Waals surface area contributed by atoms with Crippen molar-refractivity contribution in [3.05, 3.63) is 56.6 Å². The summed E-state index contributed by atoms with van der Waals surface area (Å²) in [6.45, 7) is -0.389. The topological polar surface area (TPSA) is 90.7 Å². The zero-order chi connectivity index (χ0) is 17.7. The van der Waals surface area contributed by atoms with Crippen LogP contribution in [-0.2, 0) is 4.79 Å². The highest BCUT2D eigenvalue weighted by molar-refractivity contribution is 6.35. The molecule has 0 spiro atoms. The van der Waals surface area contributed by atoms with Crippen LogP contribution in [0.4, 0.5) is 11.4 Å².